The molecule has 20 heavy (non-hydrogen) atoms. The summed E-state index contributed by atoms with van der Waals surface area (Å²) in [4.78, 5) is 11.7. The molecule has 2 aromatic rings. The first kappa shape index (κ1) is 14.3. The smallest absolute Gasteiger partial charge is 0.350 e. The molecular formula is C13H12F2N2O2S. The number of hydrogen-bond acceptors (Lipinski definition) is 5. The minimum absolute atomic E-state index is 0.0875. The standard InChI is InChI=1S/C13H12F2N2O2S/c1-19-13(18)12-10(16)5-11(20-12)17-6-7-4-8(14)2-3-9(7)15/h2-5,17H,6,16H2,1H3. The zero-order valence-corrected chi connectivity index (χ0v) is 11.4. The molecule has 0 aliphatic carbocycles. The van der Waals surface area contributed by atoms with Gasteiger partial charge < -0.3 is 15.8 Å². The van der Waals surface area contributed by atoms with Crippen molar-refractivity contribution in [3.63, 3.8) is 0 Å². The van der Waals surface area contributed by atoms with Gasteiger partial charge in [0, 0.05) is 12.1 Å². The molecule has 0 amide bonds. The zero-order valence-electron chi connectivity index (χ0n) is 10.6. The number of rotatable bonds is 4. The maximum atomic E-state index is 13.4. The van der Waals surface area contributed by atoms with E-state index in [2.05, 4.69) is 10.1 Å². The molecule has 0 radical (unpaired) electrons. The number of halogens is 2. The van der Waals surface area contributed by atoms with E-state index in [1.807, 2.05) is 0 Å². The van der Waals surface area contributed by atoms with Gasteiger partial charge in [-0.3, -0.25) is 0 Å². The number of nitrogens with two attached hydrogens (primary N) is 1. The highest BCUT2D eigenvalue weighted by Gasteiger charge is 2.15. The largest absolute Gasteiger partial charge is 0.465 e. The highest BCUT2D eigenvalue weighted by molar-refractivity contribution is 7.18. The molecule has 1 aromatic heterocycles. The monoisotopic (exact) mass is 298 g/mol. The van der Waals surface area contributed by atoms with E-state index in [1.165, 1.54) is 7.11 Å². The van der Waals surface area contributed by atoms with Crippen molar-refractivity contribution >= 4 is 28.0 Å². The average molecular weight is 298 g/mol. The van der Waals surface area contributed by atoms with E-state index in [-0.39, 0.29) is 22.7 Å². The quantitative estimate of drug-likeness (QED) is 0.852. The van der Waals surface area contributed by atoms with Crippen molar-refractivity contribution in [3.8, 4) is 0 Å². The summed E-state index contributed by atoms with van der Waals surface area (Å²) in [6.45, 7) is 0.0875. The highest BCUT2D eigenvalue weighted by atomic mass is 32.1. The van der Waals surface area contributed by atoms with E-state index < -0.39 is 17.6 Å². The molecule has 4 nitrogen and oxygen atoms in total. The maximum Gasteiger partial charge on any atom is 0.350 e. The minimum Gasteiger partial charge on any atom is -0.465 e. The van der Waals surface area contributed by atoms with Crippen LogP contribution >= 0.6 is 11.3 Å². The Kier molecular flexibility index (Phi) is 4.19. The minimum atomic E-state index is -0.530. The van der Waals surface area contributed by atoms with Gasteiger partial charge in [0.2, 0.25) is 0 Å². The highest BCUT2D eigenvalue weighted by Crippen LogP contribution is 2.30. The summed E-state index contributed by atoms with van der Waals surface area (Å²) in [6, 6.07) is 4.78. The van der Waals surface area contributed by atoms with Gasteiger partial charge in [-0.15, -0.1) is 11.3 Å². The second-order valence-electron chi connectivity index (χ2n) is 3.98. The van der Waals surface area contributed by atoms with Crippen molar-refractivity contribution in [2.24, 2.45) is 0 Å². The average Bonchev–Trinajstić information content (AvgIpc) is 2.80. The van der Waals surface area contributed by atoms with Gasteiger partial charge in [0.1, 0.15) is 16.5 Å². The molecule has 2 rings (SSSR count). The summed E-state index contributed by atoms with van der Waals surface area (Å²) in [5, 5.41) is 3.47. The van der Waals surface area contributed by atoms with Crippen molar-refractivity contribution in [1.82, 2.24) is 0 Å². The van der Waals surface area contributed by atoms with Crippen LogP contribution in [-0.2, 0) is 11.3 Å². The molecule has 0 bridgehead atoms. The van der Waals surface area contributed by atoms with Crippen molar-refractivity contribution in [3.05, 3.63) is 46.3 Å². The van der Waals surface area contributed by atoms with Gasteiger partial charge in [-0.05, 0) is 24.3 Å². The van der Waals surface area contributed by atoms with Crippen LogP contribution in [0.3, 0.4) is 0 Å². The topological polar surface area (TPSA) is 64.3 Å². The molecule has 106 valence electrons. The molecule has 0 fully saturated rings. The van der Waals surface area contributed by atoms with Crippen molar-refractivity contribution in [1.29, 1.82) is 0 Å². The normalized spacial score (nSPS) is 10.3. The van der Waals surface area contributed by atoms with Crippen molar-refractivity contribution in [2.75, 3.05) is 18.2 Å². The fourth-order valence-electron chi connectivity index (χ4n) is 1.61. The third-order valence-electron chi connectivity index (χ3n) is 2.59. The molecule has 0 aliphatic heterocycles. The number of esters is 1. The maximum absolute atomic E-state index is 13.4. The van der Waals surface area contributed by atoms with Gasteiger partial charge in [-0.1, -0.05) is 0 Å². The van der Waals surface area contributed by atoms with E-state index in [4.69, 9.17) is 5.73 Å². The van der Waals surface area contributed by atoms with E-state index in [0.717, 1.165) is 29.5 Å². The van der Waals surface area contributed by atoms with Crippen LogP contribution in [0.1, 0.15) is 15.2 Å². The Bertz CT molecular complexity index is 643. The van der Waals surface area contributed by atoms with E-state index >= 15 is 0 Å². The molecule has 0 atom stereocenters. The van der Waals surface area contributed by atoms with Gasteiger partial charge >= 0.3 is 5.97 Å². The molecular weight excluding hydrogens is 286 g/mol. The molecule has 0 spiro atoms. The first-order valence-electron chi connectivity index (χ1n) is 5.66. The van der Waals surface area contributed by atoms with Crippen LogP contribution < -0.4 is 11.1 Å². The number of benzene rings is 1. The lowest BCUT2D eigenvalue weighted by Crippen LogP contribution is -2.01. The third kappa shape index (κ3) is 3.05. The Hall–Kier alpha value is -2.15. The molecule has 7 heteroatoms. The van der Waals surface area contributed by atoms with Crippen molar-refractivity contribution < 1.29 is 18.3 Å². The molecule has 0 saturated carbocycles. The number of nitrogens with one attached hydrogen (secondary N) is 1. The van der Waals surface area contributed by atoms with Crippen LogP contribution in [0, 0.1) is 11.6 Å². The molecule has 1 heterocycles. The summed E-state index contributed by atoms with van der Waals surface area (Å²) in [6.07, 6.45) is 0. The van der Waals surface area contributed by atoms with Crippen LogP contribution in [0.5, 0.6) is 0 Å². The van der Waals surface area contributed by atoms with Gasteiger partial charge in [-0.25, -0.2) is 13.6 Å². The van der Waals surface area contributed by atoms with Crippen LogP contribution in [0.15, 0.2) is 24.3 Å². The van der Waals surface area contributed by atoms with Crippen molar-refractivity contribution in [2.45, 2.75) is 6.54 Å². The van der Waals surface area contributed by atoms with Gasteiger partial charge in [0.05, 0.1) is 17.8 Å². The zero-order chi connectivity index (χ0) is 14.7. The van der Waals surface area contributed by atoms with Gasteiger partial charge in [-0.2, -0.15) is 0 Å². The molecule has 0 unspecified atom stereocenters. The lowest BCUT2D eigenvalue weighted by Gasteiger charge is -2.05. The molecule has 1 aromatic carbocycles. The lowest BCUT2D eigenvalue weighted by atomic mass is 10.2. The molecule has 0 saturated heterocycles. The number of carbonyl (C=O) groups is 1. The van der Waals surface area contributed by atoms with Gasteiger partial charge in [0.25, 0.3) is 0 Å². The van der Waals surface area contributed by atoms with Crippen LogP contribution in [0.2, 0.25) is 0 Å². The fourth-order valence-corrected chi connectivity index (χ4v) is 2.50. The SMILES string of the molecule is COC(=O)c1sc(NCc2cc(F)ccc2F)cc1N. The number of carbonyl (C=O) groups excluding carboxylic acids is 1. The Morgan fingerprint density at radius 1 is 1.40 bits per heavy atom. The predicted molar refractivity (Wildman–Crippen MR) is 73.8 cm³/mol. The second kappa shape index (κ2) is 5.87. The Morgan fingerprint density at radius 3 is 2.85 bits per heavy atom. The summed E-state index contributed by atoms with van der Waals surface area (Å²) in [5.41, 5.74) is 6.15. The summed E-state index contributed by atoms with van der Waals surface area (Å²) < 4.78 is 31.0. The molecule has 3 N–H and O–H groups in total. The van der Waals surface area contributed by atoms with Crippen LogP contribution in [0.4, 0.5) is 19.5 Å². The number of ether oxygens (including phenoxy) is 1. The van der Waals surface area contributed by atoms with E-state index in [1.54, 1.807) is 6.07 Å². The predicted octanol–water partition coefficient (Wildman–Crippen LogP) is 3.01. The number of hydrogen-bond donors (Lipinski definition) is 2. The first-order chi connectivity index (χ1) is 9.51. The number of nitrogen functional groups attached to an aromatic ring is 1. The molecule has 0 aliphatic rings. The summed E-state index contributed by atoms with van der Waals surface area (Å²) in [5.74, 6) is -1.54. The Balaban J connectivity index is 2.11. The summed E-state index contributed by atoms with van der Waals surface area (Å²) in [7, 11) is 1.26. The van der Waals surface area contributed by atoms with Crippen LogP contribution in [0.25, 0.3) is 0 Å². The lowest BCUT2D eigenvalue weighted by molar-refractivity contribution is 0.0607. The van der Waals surface area contributed by atoms with Gasteiger partial charge in [0.15, 0.2) is 0 Å². The Morgan fingerprint density at radius 2 is 2.15 bits per heavy atom. The first-order valence-corrected chi connectivity index (χ1v) is 6.48. The fraction of sp³-hybridized carbons (Fsp3) is 0.154. The number of thiophene rings is 1. The van der Waals surface area contributed by atoms with E-state index in [0.29, 0.717) is 5.00 Å². The summed E-state index contributed by atoms with van der Waals surface area (Å²) >= 11 is 1.09. The Labute approximate surface area is 118 Å². The second-order valence-corrected chi connectivity index (χ2v) is 5.03. The number of methoxy groups -OCH3 is 1. The third-order valence-corrected chi connectivity index (χ3v) is 3.68. The van der Waals surface area contributed by atoms with E-state index in [9.17, 15) is 13.6 Å². The number of anilines is 2. The van der Waals surface area contributed by atoms with Crippen LogP contribution in [-0.4, -0.2) is 13.1 Å².